The molecule has 0 aliphatic heterocycles. The van der Waals surface area contributed by atoms with Gasteiger partial charge in [-0.1, -0.05) is 46.4 Å². The molecule has 0 aliphatic carbocycles. The fraction of sp³-hybridized carbons (Fsp3) is 0.0833. The second-order valence-corrected chi connectivity index (χ2v) is 5.35. The summed E-state index contributed by atoms with van der Waals surface area (Å²) in [4.78, 5) is 3.44. The monoisotopic (exact) mass is 359 g/mol. The van der Waals surface area contributed by atoms with E-state index < -0.39 is 16.9 Å². The third-order valence-corrected chi connectivity index (χ3v) is 3.81. The molecule has 0 aliphatic rings. The van der Waals surface area contributed by atoms with E-state index in [-0.39, 0.29) is 26.2 Å². The fourth-order valence-electron chi connectivity index (χ4n) is 1.66. The molecule has 0 saturated heterocycles. The largest absolute Gasteiger partial charge is 0.419 e. The van der Waals surface area contributed by atoms with Gasteiger partial charge < -0.3 is 0 Å². The van der Waals surface area contributed by atoms with E-state index in [0.29, 0.717) is 0 Å². The number of pyridine rings is 1. The van der Waals surface area contributed by atoms with Crippen molar-refractivity contribution in [1.29, 1.82) is 0 Å². The quantitative estimate of drug-likeness (QED) is 0.424. The van der Waals surface area contributed by atoms with E-state index in [1.807, 2.05) is 0 Å². The van der Waals surface area contributed by atoms with E-state index in [9.17, 15) is 13.2 Å². The van der Waals surface area contributed by atoms with Gasteiger partial charge in [-0.25, -0.2) is 4.98 Å². The minimum atomic E-state index is -4.67. The van der Waals surface area contributed by atoms with Gasteiger partial charge in [0.05, 0.1) is 10.0 Å². The SMILES string of the molecule is FC(F)(F)c1c(-c2cc(Cl)c(Cl)cc2Cl)ccnc1Cl. The van der Waals surface area contributed by atoms with Crippen molar-refractivity contribution in [2.45, 2.75) is 6.18 Å². The van der Waals surface area contributed by atoms with Gasteiger partial charge in [0.25, 0.3) is 0 Å². The zero-order valence-electron chi connectivity index (χ0n) is 9.40. The zero-order valence-corrected chi connectivity index (χ0v) is 12.4. The van der Waals surface area contributed by atoms with E-state index in [1.54, 1.807) is 0 Å². The van der Waals surface area contributed by atoms with Crippen LogP contribution in [0.2, 0.25) is 20.2 Å². The Labute approximate surface area is 132 Å². The molecule has 0 radical (unpaired) electrons. The van der Waals surface area contributed by atoms with Gasteiger partial charge in [0.2, 0.25) is 0 Å². The highest BCUT2D eigenvalue weighted by atomic mass is 35.5. The Hall–Kier alpha value is -0.680. The molecule has 2 aromatic rings. The standard InChI is InChI=1S/C12H4Cl4F3N/c13-7-4-9(15)8(14)3-6(7)5-1-2-20-11(16)10(5)12(17,18)19/h1-4H. The molecule has 0 amide bonds. The number of rotatable bonds is 1. The Kier molecular flexibility index (Phi) is 4.40. The lowest BCUT2D eigenvalue weighted by Crippen LogP contribution is -2.09. The van der Waals surface area contributed by atoms with Gasteiger partial charge in [-0.05, 0) is 18.2 Å². The highest BCUT2D eigenvalue weighted by molar-refractivity contribution is 6.44. The molecule has 0 bridgehead atoms. The van der Waals surface area contributed by atoms with Crippen molar-refractivity contribution in [3.63, 3.8) is 0 Å². The molecule has 0 spiro atoms. The first-order valence-corrected chi connectivity index (χ1v) is 6.59. The van der Waals surface area contributed by atoms with Gasteiger partial charge in [0.1, 0.15) is 10.7 Å². The minimum Gasteiger partial charge on any atom is -0.244 e. The number of halogens is 7. The number of benzene rings is 1. The maximum Gasteiger partial charge on any atom is 0.419 e. The molecule has 2 rings (SSSR count). The van der Waals surface area contributed by atoms with Gasteiger partial charge in [-0.15, -0.1) is 0 Å². The average Bonchev–Trinajstić information content (AvgIpc) is 2.32. The number of hydrogen-bond donors (Lipinski definition) is 0. The zero-order chi connectivity index (χ0) is 15.1. The van der Waals surface area contributed by atoms with Crippen molar-refractivity contribution < 1.29 is 13.2 Å². The molecule has 0 saturated carbocycles. The van der Waals surface area contributed by atoms with Crippen LogP contribution in [0, 0.1) is 0 Å². The summed E-state index contributed by atoms with van der Waals surface area (Å²) >= 11 is 23.1. The first-order valence-electron chi connectivity index (χ1n) is 5.08. The van der Waals surface area contributed by atoms with Crippen LogP contribution >= 0.6 is 46.4 Å². The minimum absolute atomic E-state index is 0.0344. The molecule has 1 heterocycles. The summed E-state index contributed by atoms with van der Waals surface area (Å²) in [5.74, 6) is 0. The lowest BCUT2D eigenvalue weighted by Gasteiger charge is -2.15. The van der Waals surface area contributed by atoms with Gasteiger partial charge in [0.15, 0.2) is 0 Å². The van der Waals surface area contributed by atoms with Crippen LogP contribution in [0.15, 0.2) is 24.4 Å². The van der Waals surface area contributed by atoms with Gasteiger partial charge >= 0.3 is 6.18 Å². The second kappa shape index (κ2) is 5.60. The Morgan fingerprint density at radius 1 is 0.850 bits per heavy atom. The number of hydrogen-bond acceptors (Lipinski definition) is 1. The first kappa shape index (κ1) is 15.7. The fourth-order valence-corrected chi connectivity index (χ4v) is 2.57. The van der Waals surface area contributed by atoms with Crippen molar-refractivity contribution in [1.82, 2.24) is 4.98 Å². The predicted molar refractivity (Wildman–Crippen MR) is 74.7 cm³/mol. The van der Waals surface area contributed by atoms with E-state index in [1.165, 1.54) is 18.2 Å². The topological polar surface area (TPSA) is 12.9 Å². The molecule has 20 heavy (non-hydrogen) atoms. The van der Waals surface area contributed by atoms with Crippen LogP contribution in [0.25, 0.3) is 11.1 Å². The Morgan fingerprint density at radius 2 is 1.45 bits per heavy atom. The number of aromatic nitrogens is 1. The van der Waals surface area contributed by atoms with Crippen molar-refractivity contribution in [2.75, 3.05) is 0 Å². The van der Waals surface area contributed by atoms with Crippen molar-refractivity contribution in [3.05, 3.63) is 50.2 Å². The predicted octanol–water partition coefficient (Wildman–Crippen LogP) is 6.38. The maximum absolute atomic E-state index is 13.1. The molecule has 8 heteroatoms. The molecule has 0 unspecified atom stereocenters. The molecule has 1 aromatic heterocycles. The van der Waals surface area contributed by atoms with Crippen LogP contribution in [0.5, 0.6) is 0 Å². The highest BCUT2D eigenvalue weighted by Gasteiger charge is 2.37. The third kappa shape index (κ3) is 2.98. The summed E-state index contributed by atoms with van der Waals surface area (Å²) < 4.78 is 39.2. The first-order chi connectivity index (χ1) is 9.21. The van der Waals surface area contributed by atoms with E-state index in [2.05, 4.69) is 4.98 Å². The van der Waals surface area contributed by atoms with Crippen LogP contribution in [-0.2, 0) is 6.18 Å². The molecule has 0 N–H and O–H groups in total. The Bertz CT molecular complexity index is 670. The molecular formula is C12H4Cl4F3N. The molecule has 0 fully saturated rings. The van der Waals surface area contributed by atoms with Crippen molar-refractivity contribution in [2.24, 2.45) is 0 Å². The van der Waals surface area contributed by atoms with Crippen LogP contribution in [0.3, 0.4) is 0 Å². The van der Waals surface area contributed by atoms with E-state index >= 15 is 0 Å². The maximum atomic E-state index is 13.1. The van der Waals surface area contributed by atoms with E-state index in [4.69, 9.17) is 46.4 Å². The van der Waals surface area contributed by atoms with Crippen LogP contribution in [-0.4, -0.2) is 4.98 Å². The Morgan fingerprint density at radius 3 is 2.05 bits per heavy atom. The van der Waals surface area contributed by atoms with Gasteiger partial charge in [0, 0.05) is 22.3 Å². The molecular weight excluding hydrogens is 357 g/mol. The summed E-state index contributed by atoms with van der Waals surface area (Å²) in [7, 11) is 0. The summed E-state index contributed by atoms with van der Waals surface area (Å²) in [6.45, 7) is 0. The molecule has 0 atom stereocenters. The summed E-state index contributed by atoms with van der Waals surface area (Å²) in [5, 5.41) is -0.384. The van der Waals surface area contributed by atoms with Crippen molar-refractivity contribution in [3.8, 4) is 11.1 Å². The normalized spacial score (nSPS) is 11.8. The van der Waals surface area contributed by atoms with Crippen LogP contribution < -0.4 is 0 Å². The summed E-state index contributed by atoms with van der Waals surface area (Å²) in [6, 6.07) is 3.70. The number of alkyl halides is 3. The van der Waals surface area contributed by atoms with Crippen LogP contribution in [0.4, 0.5) is 13.2 Å². The summed E-state index contributed by atoms with van der Waals surface area (Å²) in [5.41, 5.74) is -1.19. The van der Waals surface area contributed by atoms with Crippen LogP contribution in [0.1, 0.15) is 5.56 Å². The summed E-state index contributed by atoms with van der Waals surface area (Å²) in [6.07, 6.45) is -3.51. The highest BCUT2D eigenvalue weighted by Crippen LogP contribution is 2.43. The second-order valence-electron chi connectivity index (χ2n) is 3.77. The third-order valence-electron chi connectivity index (χ3n) is 2.49. The lowest BCUT2D eigenvalue weighted by atomic mass is 10.0. The molecule has 106 valence electrons. The molecule has 1 nitrogen and oxygen atoms in total. The van der Waals surface area contributed by atoms with E-state index in [0.717, 1.165) is 6.20 Å². The molecule has 1 aromatic carbocycles. The smallest absolute Gasteiger partial charge is 0.244 e. The van der Waals surface area contributed by atoms with Gasteiger partial charge in [-0.3, -0.25) is 0 Å². The lowest BCUT2D eigenvalue weighted by molar-refractivity contribution is -0.137. The van der Waals surface area contributed by atoms with Crippen molar-refractivity contribution >= 4 is 46.4 Å². The Balaban J connectivity index is 2.77. The van der Waals surface area contributed by atoms with Gasteiger partial charge in [-0.2, -0.15) is 13.2 Å². The number of nitrogens with zero attached hydrogens (tertiary/aromatic N) is 1. The average molecular weight is 361 g/mol.